The predicted molar refractivity (Wildman–Crippen MR) is 73.7 cm³/mol. The number of halogens is 1. The molecule has 0 fully saturated rings. The number of fused-ring (bicyclic) bond motifs is 1. The van der Waals surface area contributed by atoms with E-state index in [1.54, 1.807) is 6.07 Å². The smallest absolute Gasteiger partial charge is 0.149 e. The van der Waals surface area contributed by atoms with Crippen LogP contribution in [0.15, 0.2) is 24.5 Å². The molecule has 2 aromatic rings. The summed E-state index contributed by atoms with van der Waals surface area (Å²) in [7, 11) is 0. The number of hydrogen-bond donors (Lipinski definition) is 1. The maximum absolute atomic E-state index is 13.6. The lowest BCUT2D eigenvalue weighted by Gasteiger charge is -2.08. The lowest BCUT2D eigenvalue weighted by Crippen LogP contribution is -2.06. The molecule has 0 radical (unpaired) electrons. The zero-order chi connectivity index (χ0) is 13.5. The van der Waals surface area contributed by atoms with Crippen molar-refractivity contribution in [2.45, 2.75) is 19.8 Å². The van der Waals surface area contributed by atoms with Gasteiger partial charge in [-0.3, -0.25) is 0 Å². The van der Waals surface area contributed by atoms with Gasteiger partial charge in [0.15, 0.2) is 0 Å². The maximum Gasteiger partial charge on any atom is 0.149 e. The highest BCUT2D eigenvalue weighted by Crippen LogP contribution is 2.20. The molecule has 1 aromatic carbocycles. The van der Waals surface area contributed by atoms with Crippen LogP contribution in [0.25, 0.3) is 10.9 Å². The van der Waals surface area contributed by atoms with E-state index in [-0.39, 0.29) is 5.82 Å². The molecule has 0 atom stereocenters. The van der Waals surface area contributed by atoms with Crippen LogP contribution in [0.1, 0.15) is 19.8 Å². The van der Waals surface area contributed by atoms with Crippen LogP contribution in [0, 0.1) is 5.82 Å². The van der Waals surface area contributed by atoms with E-state index in [0.29, 0.717) is 16.7 Å². The summed E-state index contributed by atoms with van der Waals surface area (Å²) in [5.41, 5.74) is 0.356. The number of rotatable bonds is 7. The zero-order valence-corrected chi connectivity index (χ0v) is 11.0. The third kappa shape index (κ3) is 3.61. The Morgan fingerprint density at radius 2 is 2.16 bits per heavy atom. The van der Waals surface area contributed by atoms with Gasteiger partial charge in [-0.25, -0.2) is 14.4 Å². The molecular weight excluding hydrogens is 245 g/mol. The van der Waals surface area contributed by atoms with Gasteiger partial charge in [0, 0.05) is 25.1 Å². The van der Waals surface area contributed by atoms with Crippen molar-refractivity contribution in [3.8, 4) is 0 Å². The minimum absolute atomic E-state index is 0.320. The fraction of sp³-hybridized carbons (Fsp3) is 0.429. The van der Waals surface area contributed by atoms with E-state index in [1.807, 2.05) is 13.0 Å². The number of anilines is 1. The Kier molecular flexibility index (Phi) is 5.03. The third-order valence-electron chi connectivity index (χ3n) is 2.83. The molecule has 1 heterocycles. The number of benzene rings is 1. The van der Waals surface area contributed by atoms with Crippen molar-refractivity contribution in [2.75, 3.05) is 25.1 Å². The summed E-state index contributed by atoms with van der Waals surface area (Å²) in [4.78, 5) is 8.13. The molecule has 4 nitrogen and oxygen atoms in total. The molecule has 0 aliphatic rings. The van der Waals surface area contributed by atoms with Crippen LogP contribution in [0.3, 0.4) is 0 Å². The average molecular weight is 263 g/mol. The van der Waals surface area contributed by atoms with Gasteiger partial charge in [0.1, 0.15) is 23.5 Å². The first kappa shape index (κ1) is 13.7. The molecule has 0 saturated heterocycles. The van der Waals surface area contributed by atoms with Crippen molar-refractivity contribution in [3.05, 3.63) is 30.3 Å². The van der Waals surface area contributed by atoms with E-state index in [4.69, 9.17) is 4.74 Å². The second kappa shape index (κ2) is 6.99. The van der Waals surface area contributed by atoms with Crippen molar-refractivity contribution in [2.24, 2.45) is 0 Å². The summed E-state index contributed by atoms with van der Waals surface area (Å²) in [5.74, 6) is 0.361. The lowest BCUT2D eigenvalue weighted by molar-refractivity contribution is 0.144. The molecule has 102 valence electrons. The second-order valence-corrected chi connectivity index (χ2v) is 4.19. The Labute approximate surface area is 112 Å². The standard InChI is InChI=1S/C14H18FN3O/c1-2-19-9-4-3-8-16-14-11-6-5-7-12(15)13(11)17-10-18-14/h5-7,10H,2-4,8-9H2,1H3,(H,16,17,18). The predicted octanol–water partition coefficient (Wildman–Crippen LogP) is 3.00. The fourth-order valence-electron chi connectivity index (χ4n) is 1.87. The summed E-state index contributed by atoms with van der Waals surface area (Å²) >= 11 is 0. The summed E-state index contributed by atoms with van der Waals surface area (Å²) in [6, 6.07) is 4.89. The van der Waals surface area contributed by atoms with Gasteiger partial charge in [-0.15, -0.1) is 0 Å². The van der Waals surface area contributed by atoms with E-state index in [1.165, 1.54) is 12.4 Å². The van der Waals surface area contributed by atoms with Gasteiger partial charge in [-0.1, -0.05) is 6.07 Å². The Bertz CT molecular complexity index is 533. The van der Waals surface area contributed by atoms with E-state index in [0.717, 1.165) is 32.6 Å². The fourth-order valence-corrected chi connectivity index (χ4v) is 1.87. The molecule has 0 saturated carbocycles. The molecule has 1 aromatic heterocycles. The average Bonchev–Trinajstić information content (AvgIpc) is 2.43. The number of nitrogens with zero attached hydrogens (tertiary/aromatic N) is 2. The molecule has 1 N–H and O–H groups in total. The molecule has 5 heteroatoms. The molecule has 0 aliphatic heterocycles. The van der Waals surface area contributed by atoms with Crippen LogP contribution < -0.4 is 5.32 Å². The summed E-state index contributed by atoms with van der Waals surface area (Å²) in [6.45, 7) is 4.30. The monoisotopic (exact) mass is 263 g/mol. The second-order valence-electron chi connectivity index (χ2n) is 4.19. The number of para-hydroxylation sites is 1. The molecule has 0 amide bonds. The summed E-state index contributed by atoms with van der Waals surface area (Å²) < 4.78 is 18.8. The van der Waals surface area contributed by atoms with Crippen molar-refractivity contribution >= 4 is 16.7 Å². The minimum Gasteiger partial charge on any atom is -0.382 e. The number of unbranched alkanes of at least 4 members (excludes halogenated alkanes) is 1. The first-order chi connectivity index (χ1) is 9.33. The molecule has 0 aliphatic carbocycles. The van der Waals surface area contributed by atoms with Gasteiger partial charge in [-0.05, 0) is 31.9 Å². The van der Waals surface area contributed by atoms with Crippen LogP contribution in [0.5, 0.6) is 0 Å². The van der Waals surface area contributed by atoms with Crippen molar-refractivity contribution in [1.29, 1.82) is 0 Å². The topological polar surface area (TPSA) is 47.0 Å². The van der Waals surface area contributed by atoms with E-state index in [2.05, 4.69) is 15.3 Å². The number of ether oxygens (including phenoxy) is 1. The number of nitrogens with one attached hydrogen (secondary N) is 1. The molecule has 19 heavy (non-hydrogen) atoms. The largest absolute Gasteiger partial charge is 0.382 e. The number of hydrogen-bond acceptors (Lipinski definition) is 4. The van der Waals surface area contributed by atoms with E-state index in [9.17, 15) is 4.39 Å². The molecule has 2 rings (SSSR count). The first-order valence-electron chi connectivity index (χ1n) is 6.53. The number of aromatic nitrogens is 2. The van der Waals surface area contributed by atoms with Crippen LogP contribution in [0.2, 0.25) is 0 Å². The van der Waals surface area contributed by atoms with Crippen molar-refractivity contribution < 1.29 is 9.13 Å². The van der Waals surface area contributed by atoms with Crippen molar-refractivity contribution in [1.82, 2.24) is 9.97 Å². The summed E-state index contributed by atoms with van der Waals surface area (Å²) in [5, 5.41) is 3.93. The van der Waals surface area contributed by atoms with Gasteiger partial charge >= 0.3 is 0 Å². The molecule has 0 spiro atoms. The highest BCUT2D eigenvalue weighted by Gasteiger charge is 2.06. The van der Waals surface area contributed by atoms with Gasteiger partial charge in [0.25, 0.3) is 0 Å². The van der Waals surface area contributed by atoms with Gasteiger partial charge in [0.05, 0.1) is 0 Å². The zero-order valence-electron chi connectivity index (χ0n) is 11.0. The van der Waals surface area contributed by atoms with Crippen LogP contribution in [-0.4, -0.2) is 29.7 Å². The SMILES string of the molecule is CCOCCCCNc1ncnc2c(F)cccc12. The Morgan fingerprint density at radius 3 is 3.00 bits per heavy atom. The Hall–Kier alpha value is -1.75. The maximum atomic E-state index is 13.6. The molecular formula is C14H18FN3O. The van der Waals surface area contributed by atoms with E-state index >= 15 is 0 Å². The minimum atomic E-state index is -0.320. The van der Waals surface area contributed by atoms with Crippen LogP contribution >= 0.6 is 0 Å². The Morgan fingerprint density at radius 1 is 1.26 bits per heavy atom. The Balaban J connectivity index is 1.95. The molecule has 0 unspecified atom stereocenters. The summed E-state index contributed by atoms with van der Waals surface area (Å²) in [6.07, 6.45) is 3.37. The molecule has 0 bridgehead atoms. The first-order valence-corrected chi connectivity index (χ1v) is 6.53. The quantitative estimate of drug-likeness (QED) is 0.780. The van der Waals surface area contributed by atoms with E-state index < -0.39 is 0 Å². The highest BCUT2D eigenvalue weighted by molar-refractivity contribution is 5.89. The highest BCUT2D eigenvalue weighted by atomic mass is 19.1. The normalized spacial score (nSPS) is 10.8. The van der Waals surface area contributed by atoms with Crippen molar-refractivity contribution in [3.63, 3.8) is 0 Å². The van der Waals surface area contributed by atoms with Crippen LogP contribution in [-0.2, 0) is 4.74 Å². The third-order valence-corrected chi connectivity index (χ3v) is 2.83. The van der Waals surface area contributed by atoms with Gasteiger partial charge in [0.2, 0.25) is 0 Å². The lowest BCUT2D eigenvalue weighted by atomic mass is 10.2. The van der Waals surface area contributed by atoms with Crippen LogP contribution in [0.4, 0.5) is 10.2 Å². The van der Waals surface area contributed by atoms with Gasteiger partial charge < -0.3 is 10.1 Å². The van der Waals surface area contributed by atoms with Gasteiger partial charge in [-0.2, -0.15) is 0 Å².